The largest absolute Gasteiger partial charge is 0.356 e. The number of carbonyl (C=O) groups excluding carboxylic acids is 1. The third-order valence-corrected chi connectivity index (χ3v) is 6.13. The minimum absolute atomic E-state index is 0.244. The highest BCUT2D eigenvalue weighted by atomic mass is 35.5. The van der Waals surface area contributed by atoms with Gasteiger partial charge in [-0.05, 0) is 65.6 Å². The van der Waals surface area contributed by atoms with E-state index in [0.717, 1.165) is 33.3 Å². The number of nitrogens with zero attached hydrogens (tertiary/aromatic N) is 1. The fourth-order valence-corrected chi connectivity index (χ4v) is 4.52. The van der Waals surface area contributed by atoms with Gasteiger partial charge in [0.2, 0.25) is 0 Å². The number of urea groups is 1. The highest BCUT2D eigenvalue weighted by Crippen LogP contribution is 2.39. The van der Waals surface area contributed by atoms with Crippen LogP contribution in [0, 0.1) is 11.6 Å². The Morgan fingerprint density at radius 1 is 1.03 bits per heavy atom. The van der Waals surface area contributed by atoms with Gasteiger partial charge in [0.05, 0.1) is 6.04 Å². The van der Waals surface area contributed by atoms with E-state index in [1.165, 1.54) is 24.3 Å². The molecule has 3 aromatic carbocycles. The number of hydrogen-bond donors (Lipinski definition) is 2. The van der Waals surface area contributed by atoms with Crippen LogP contribution in [-0.2, 0) is 13.0 Å². The van der Waals surface area contributed by atoms with Gasteiger partial charge >= 0.3 is 6.03 Å². The molecular weight excluding hydrogens is 432 g/mol. The second kappa shape index (κ2) is 8.28. The van der Waals surface area contributed by atoms with E-state index in [-0.39, 0.29) is 24.2 Å². The highest BCUT2D eigenvalue weighted by molar-refractivity contribution is 6.31. The molecule has 2 heterocycles. The van der Waals surface area contributed by atoms with Gasteiger partial charge in [-0.15, -0.1) is 0 Å². The monoisotopic (exact) mass is 451 g/mol. The Hall–Kier alpha value is -3.38. The van der Waals surface area contributed by atoms with Crippen molar-refractivity contribution in [3.8, 4) is 0 Å². The number of aromatic nitrogens is 1. The Morgan fingerprint density at radius 3 is 2.44 bits per heavy atom. The van der Waals surface area contributed by atoms with Crippen molar-refractivity contribution in [1.82, 2.24) is 15.2 Å². The lowest BCUT2D eigenvalue weighted by atomic mass is 9.92. The molecule has 0 spiro atoms. The number of hydrogen-bond acceptors (Lipinski definition) is 1. The molecule has 0 aliphatic carbocycles. The second-order valence-electron chi connectivity index (χ2n) is 7.89. The molecule has 0 unspecified atom stereocenters. The Kier molecular flexibility index (Phi) is 5.31. The first kappa shape index (κ1) is 20.5. The predicted octanol–water partition coefficient (Wildman–Crippen LogP) is 5.96. The average molecular weight is 452 g/mol. The van der Waals surface area contributed by atoms with E-state index in [2.05, 4.69) is 10.3 Å². The first-order valence-corrected chi connectivity index (χ1v) is 10.7. The van der Waals surface area contributed by atoms with Crippen LogP contribution in [0.15, 0.2) is 66.7 Å². The summed E-state index contributed by atoms with van der Waals surface area (Å²) in [7, 11) is 0. The Bertz CT molecular complexity index is 1290. The number of H-pyrrole nitrogens is 1. The van der Waals surface area contributed by atoms with Crippen LogP contribution in [0.1, 0.15) is 28.4 Å². The third-order valence-electron chi connectivity index (χ3n) is 5.89. The highest BCUT2D eigenvalue weighted by Gasteiger charge is 2.34. The van der Waals surface area contributed by atoms with Crippen LogP contribution in [0.4, 0.5) is 13.6 Å². The van der Waals surface area contributed by atoms with Crippen molar-refractivity contribution in [2.45, 2.75) is 19.0 Å². The van der Waals surface area contributed by atoms with Crippen molar-refractivity contribution in [3.05, 3.63) is 106 Å². The molecule has 0 bridgehead atoms. The van der Waals surface area contributed by atoms with Crippen LogP contribution in [0.25, 0.3) is 10.9 Å². The lowest BCUT2D eigenvalue weighted by Gasteiger charge is -2.36. The molecule has 4 nitrogen and oxygen atoms in total. The Labute approximate surface area is 188 Å². The van der Waals surface area contributed by atoms with Gasteiger partial charge < -0.3 is 15.2 Å². The SMILES string of the molecule is O=C(NCc1ccc(F)cc1)N1CCc2c([nH]c3ccc(Cl)cc23)[C@H]1c1ccc(F)cc1. The fraction of sp³-hybridized carbons (Fsp3) is 0.160. The number of carbonyl (C=O) groups is 1. The molecule has 1 aliphatic rings. The second-order valence-corrected chi connectivity index (χ2v) is 8.33. The van der Waals surface area contributed by atoms with Gasteiger partial charge in [0, 0.05) is 34.7 Å². The standard InChI is InChI=1S/C25H20ClF2N3O/c26-17-5-10-22-21(13-17)20-11-12-31(25(32)29-14-15-1-6-18(27)7-2-15)24(23(20)30-22)16-3-8-19(28)9-4-16/h1-10,13,24,30H,11-12,14H2,(H,29,32)/t24-/m1/s1. The van der Waals surface area contributed by atoms with Crippen molar-refractivity contribution in [3.63, 3.8) is 0 Å². The number of amides is 2. The molecule has 1 atom stereocenters. The summed E-state index contributed by atoms with van der Waals surface area (Å²) in [5, 5.41) is 4.61. The van der Waals surface area contributed by atoms with Crippen molar-refractivity contribution >= 4 is 28.5 Å². The van der Waals surface area contributed by atoms with Crippen LogP contribution < -0.4 is 5.32 Å². The molecule has 7 heteroatoms. The summed E-state index contributed by atoms with van der Waals surface area (Å²) in [5.41, 5.74) is 4.56. The maximum atomic E-state index is 13.6. The van der Waals surface area contributed by atoms with Crippen molar-refractivity contribution in [1.29, 1.82) is 0 Å². The zero-order valence-corrected chi connectivity index (χ0v) is 17.8. The molecule has 4 aromatic rings. The zero-order valence-electron chi connectivity index (χ0n) is 17.0. The van der Waals surface area contributed by atoms with Crippen molar-refractivity contribution in [2.24, 2.45) is 0 Å². The molecule has 162 valence electrons. The molecule has 1 aliphatic heterocycles. The minimum atomic E-state index is -0.404. The van der Waals surface area contributed by atoms with E-state index in [1.54, 1.807) is 29.2 Å². The molecule has 0 saturated carbocycles. The van der Waals surface area contributed by atoms with E-state index >= 15 is 0 Å². The number of benzene rings is 3. The number of rotatable bonds is 3. The van der Waals surface area contributed by atoms with Gasteiger partial charge in [0.1, 0.15) is 11.6 Å². The average Bonchev–Trinajstić information content (AvgIpc) is 3.16. The van der Waals surface area contributed by atoms with Crippen LogP contribution >= 0.6 is 11.6 Å². The van der Waals surface area contributed by atoms with Gasteiger partial charge in [-0.2, -0.15) is 0 Å². The smallest absolute Gasteiger partial charge is 0.318 e. The third kappa shape index (κ3) is 3.82. The summed E-state index contributed by atoms with van der Waals surface area (Å²) in [6, 6.07) is 17.3. The molecule has 0 radical (unpaired) electrons. The molecule has 1 aromatic heterocycles. The van der Waals surface area contributed by atoms with E-state index in [0.29, 0.717) is 18.0 Å². The molecule has 2 N–H and O–H groups in total. The molecule has 2 amide bonds. The summed E-state index contributed by atoms with van der Waals surface area (Å²) < 4.78 is 26.8. The van der Waals surface area contributed by atoms with E-state index in [1.807, 2.05) is 18.2 Å². The van der Waals surface area contributed by atoms with Crippen molar-refractivity contribution in [2.75, 3.05) is 6.54 Å². The van der Waals surface area contributed by atoms with Gasteiger partial charge in [-0.3, -0.25) is 0 Å². The normalized spacial score (nSPS) is 15.6. The number of halogens is 3. The lowest BCUT2D eigenvalue weighted by molar-refractivity contribution is 0.179. The minimum Gasteiger partial charge on any atom is -0.356 e. The predicted molar refractivity (Wildman–Crippen MR) is 121 cm³/mol. The molecular formula is C25H20ClF2N3O. The first-order valence-electron chi connectivity index (χ1n) is 10.3. The molecule has 5 rings (SSSR count). The summed E-state index contributed by atoms with van der Waals surface area (Å²) in [6.45, 7) is 0.769. The zero-order chi connectivity index (χ0) is 22.2. The quantitative estimate of drug-likeness (QED) is 0.397. The number of fused-ring (bicyclic) bond motifs is 3. The van der Waals surface area contributed by atoms with E-state index < -0.39 is 6.04 Å². The van der Waals surface area contributed by atoms with Crippen LogP contribution in [-0.4, -0.2) is 22.5 Å². The van der Waals surface area contributed by atoms with E-state index in [4.69, 9.17) is 11.6 Å². The maximum Gasteiger partial charge on any atom is 0.318 e. The van der Waals surface area contributed by atoms with Gasteiger partial charge in [0.15, 0.2) is 0 Å². The first-order chi connectivity index (χ1) is 15.5. The topological polar surface area (TPSA) is 48.1 Å². The Morgan fingerprint density at radius 2 is 1.72 bits per heavy atom. The summed E-state index contributed by atoms with van der Waals surface area (Å²) in [4.78, 5) is 18.4. The summed E-state index contributed by atoms with van der Waals surface area (Å²) in [6.07, 6.45) is 0.664. The van der Waals surface area contributed by atoms with Gasteiger partial charge in [0.25, 0.3) is 0 Å². The molecule has 0 fully saturated rings. The molecule has 0 saturated heterocycles. The van der Waals surface area contributed by atoms with E-state index in [9.17, 15) is 13.6 Å². The lowest BCUT2D eigenvalue weighted by Crippen LogP contribution is -2.45. The fourth-order valence-electron chi connectivity index (χ4n) is 4.35. The van der Waals surface area contributed by atoms with Crippen molar-refractivity contribution < 1.29 is 13.6 Å². The maximum absolute atomic E-state index is 13.6. The van der Waals surface area contributed by atoms with Crippen LogP contribution in [0.3, 0.4) is 0 Å². The van der Waals surface area contributed by atoms with Gasteiger partial charge in [-0.25, -0.2) is 13.6 Å². The molecule has 32 heavy (non-hydrogen) atoms. The summed E-state index contributed by atoms with van der Waals surface area (Å²) in [5.74, 6) is -0.653. The van der Waals surface area contributed by atoms with Crippen LogP contribution in [0.2, 0.25) is 5.02 Å². The van der Waals surface area contributed by atoms with Gasteiger partial charge in [-0.1, -0.05) is 35.9 Å². The Balaban J connectivity index is 1.50. The number of nitrogens with one attached hydrogen (secondary N) is 2. The summed E-state index contributed by atoms with van der Waals surface area (Å²) >= 11 is 6.22. The van der Waals surface area contributed by atoms with Crippen LogP contribution in [0.5, 0.6) is 0 Å². The number of aromatic amines is 1.